The fraction of sp³-hybridized carbons (Fsp3) is 0.833. The highest BCUT2D eigenvalue weighted by Crippen LogP contribution is 2.17. The molecule has 0 aromatic carbocycles. The molecule has 0 bridgehead atoms. The third-order valence-electron chi connectivity index (χ3n) is 3.22. The van der Waals surface area contributed by atoms with E-state index in [-0.39, 0.29) is 11.9 Å². The number of rotatable bonds is 4. The maximum atomic E-state index is 11.6. The summed E-state index contributed by atoms with van der Waals surface area (Å²) in [6, 6.07) is 0.131. The molecule has 1 saturated carbocycles. The Hall–Kier alpha value is -1.26. The number of carbonyl (C=O) groups is 2. The lowest BCUT2D eigenvalue weighted by Crippen LogP contribution is -2.48. The van der Waals surface area contributed by atoms with E-state index in [2.05, 4.69) is 16.0 Å². The smallest absolute Gasteiger partial charge is 0.315 e. The Morgan fingerprint density at radius 1 is 1.24 bits per heavy atom. The van der Waals surface area contributed by atoms with Gasteiger partial charge in [-0.2, -0.15) is 0 Å². The van der Waals surface area contributed by atoms with Gasteiger partial charge in [0.15, 0.2) is 0 Å². The fourth-order valence-electron chi connectivity index (χ4n) is 2.03. The fourth-order valence-corrected chi connectivity index (χ4v) is 2.03. The van der Waals surface area contributed by atoms with Crippen molar-refractivity contribution in [3.8, 4) is 0 Å². The van der Waals surface area contributed by atoms with Crippen LogP contribution in [0.15, 0.2) is 0 Å². The highest BCUT2D eigenvalue weighted by molar-refractivity contribution is 5.83. The average Bonchev–Trinajstić information content (AvgIpc) is 2.78. The molecule has 0 saturated heterocycles. The van der Waals surface area contributed by atoms with Crippen LogP contribution in [0.1, 0.15) is 39.5 Å². The molecule has 0 heterocycles. The van der Waals surface area contributed by atoms with E-state index in [1.807, 2.05) is 13.8 Å². The second-order valence-electron chi connectivity index (χ2n) is 5.27. The third-order valence-corrected chi connectivity index (χ3v) is 3.22. The van der Waals surface area contributed by atoms with Crippen LogP contribution in [-0.4, -0.2) is 31.6 Å². The van der Waals surface area contributed by atoms with Crippen molar-refractivity contribution in [2.24, 2.45) is 5.41 Å². The molecule has 1 fully saturated rings. The Morgan fingerprint density at radius 3 is 2.35 bits per heavy atom. The van der Waals surface area contributed by atoms with Crippen molar-refractivity contribution in [2.45, 2.75) is 45.6 Å². The summed E-state index contributed by atoms with van der Waals surface area (Å²) in [4.78, 5) is 23.1. The monoisotopic (exact) mass is 241 g/mol. The van der Waals surface area contributed by atoms with Crippen LogP contribution in [0.4, 0.5) is 4.79 Å². The summed E-state index contributed by atoms with van der Waals surface area (Å²) in [6.45, 7) is 3.95. The zero-order valence-corrected chi connectivity index (χ0v) is 10.9. The van der Waals surface area contributed by atoms with Crippen LogP contribution in [0.5, 0.6) is 0 Å². The van der Waals surface area contributed by atoms with Crippen LogP contribution in [0, 0.1) is 5.41 Å². The van der Waals surface area contributed by atoms with Crippen LogP contribution in [-0.2, 0) is 4.79 Å². The summed E-state index contributed by atoms with van der Waals surface area (Å²) >= 11 is 0. The van der Waals surface area contributed by atoms with Crippen LogP contribution in [0.2, 0.25) is 0 Å². The van der Waals surface area contributed by atoms with Crippen LogP contribution in [0.3, 0.4) is 0 Å². The average molecular weight is 241 g/mol. The van der Waals surface area contributed by atoms with Crippen molar-refractivity contribution >= 4 is 11.9 Å². The van der Waals surface area contributed by atoms with E-state index in [1.54, 1.807) is 7.05 Å². The molecule has 0 atom stereocenters. The molecule has 0 unspecified atom stereocenters. The number of hydrogen-bond acceptors (Lipinski definition) is 2. The minimum Gasteiger partial charge on any atom is -0.359 e. The molecule has 0 aliphatic heterocycles. The molecule has 0 aromatic rings. The zero-order chi connectivity index (χ0) is 12.9. The largest absolute Gasteiger partial charge is 0.359 e. The predicted octanol–water partition coefficient (Wildman–Crippen LogP) is 1.00. The van der Waals surface area contributed by atoms with Gasteiger partial charge < -0.3 is 16.0 Å². The van der Waals surface area contributed by atoms with Crippen molar-refractivity contribution in [3.63, 3.8) is 0 Å². The van der Waals surface area contributed by atoms with Gasteiger partial charge in [0.1, 0.15) is 0 Å². The summed E-state index contributed by atoms with van der Waals surface area (Å²) < 4.78 is 0. The maximum absolute atomic E-state index is 11.6. The van der Waals surface area contributed by atoms with E-state index >= 15 is 0 Å². The standard InChI is InChI=1S/C12H23N3O2/c1-12(2,10(16)13-3)8-14-11(17)15-9-6-4-5-7-9/h9H,4-8H2,1-3H3,(H,13,16)(H2,14,15,17). The normalized spacial score (nSPS) is 16.6. The number of amides is 3. The first kappa shape index (κ1) is 13.8. The first-order valence-electron chi connectivity index (χ1n) is 6.22. The molecule has 5 nitrogen and oxygen atoms in total. The van der Waals surface area contributed by atoms with Crippen LogP contribution in [0.25, 0.3) is 0 Å². The minimum absolute atomic E-state index is 0.0707. The van der Waals surface area contributed by atoms with E-state index < -0.39 is 5.41 Å². The highest BCUT2D eigenvalue weighted by atomic mass is 16.2. The maximum Gasteiger partial charge on any atom is 0.315 e. The molecular formula is C12H23N3O2. The van der Waals surface area contributed by atoms with Gasteiger partial charge in [-0.1, -0.05) is 12.8 Å². The van der Waals surface area contributed by atoms with Gasteiger partial charge in [-0.15, -0.1) is 0 Å². The van der Waals surface area contributed by atoms with Gasteiger partial charge in [-0.05, 0) is 26.7 Å². The lowest BCUT2D eigenvalue weighted by Gasteiger charge is -2.23. The molecule has 98 valence electrons. The first-order valence-corrected chi connectivity index (χ1v) is 6.22. The number of carbonyl (C=O) groups excluding carboxylic acids is 2. The molecular weight excluding hydrogens is 218 g/mol. The van der Waals surface area contributed by atoms with Crippen molar-refractivity contribution in [1.82, 2.24) is 16.0 Å². The third kappa shape index (κ3) is 4.24. The molecule has 0 aromatic heterocycles. The van der Waals surface area contributed by atoms with Crippen molar-refractivity contribution in [1.29, 1.82) is 0 Å². The number of urea groups is 1. The lowest BCUT2D eigenvalue weighted by molar-refractivity contribution is -0.128. The van der Waals surface area contributed by atoms with Gasteiger partial charge in [0.05, 0.1) is 5.41 Å². The molecule has 0 radical (unpaired) electrons. The van der Waals surface area contributed by atoms with E-state index in [1.165, 1.54) is 12.8 Å². The Labute approximate surface area is 103 Å². The van der Waals surface area contributed by atoms with Crippen LogP contribution < -0.4 is 16.0 Å². The Balaban J connectivity index is 2.29. The second-order valence-corrected chi connectivity index (χ2v) is 5.27. The molecule has 5 heteroatoms. The minimum atomic E-state index is -0.582. The SMILES string of the molecule is CNC(=O)C(C)(C)CNC(=O)NC1CCCC1. The van der Waals surface area contributed by atoms with Crippen molar-refractivity contribution < 1.29 is 9.59 Å². The van der Waals surface area contributed by atoms with Gasteiger partial charge in [0, 0.05) is 19.6 Å². The van der Waals surface area contributed by atoms with Gasteiger partial charge >= 0.3 is 6.03 Å². The molecule has 0 spiro atoms. The number of nitrogens with one attached hydrogen (secondary N) is 3. The molecule has 1 aliphatic rings. The van der Waals surface area contributed by atoms with Gasteiger partial charge in [-0.25, -0.2) is 4.79 Å². The van der Waals surface area contributed by atoms with E-state index in [0.717, 1.165) is 12.8 Å². The molecule has 3 amide bonds. The Bertz CT molecular complexity index is 283. The molecule has 1 rings (SSSR count). The predicted molar refractivity (Wildman–Crippen MR) is 66.6 cm³/mol. The Kier molecular flexibility index (Phi) is 4.78. The van der Waals surface area contributed by atoms with E-state index in [4.69, 9.17) is 0 Å². The second kappa shape index (κ2) is 5.89. The summed E-state index contributed by atoms with van der Waals surface area (Å²) in [6.07, 6.45) is 4.50. The Morgan fingerprint density at radius 2 is 1.82 bits per heavy atom. The van der Waals surface area contributed by atoms with Crippen LogP contribution >= 0.6 is 0 Å². The molecule has 3 N–H and O–H groups in total. The first-order chi connectivity index (χ1) is 7.95. The summed E-state index contributed by atoms with van der Waals surface area (Å²) in [5.41, 5.74) is -0.582. The lowest BCUT2D eigenvalue weighted by atomic mass is 9.92. The topological polar surface area (TPSA) is 70.2 Å². The zero-order valence-electron chi connectivity index (χ0n) is 10.9. The van der Waals surface area contributed by atoms with E-state index in [9.17, 15) is 9.59 Å². The quantitative estimate of drug-likeness (QED) is 0.687. The highest BCUT2D eigenvalue weighted by Gasteiger charge is 2.27. The van der Waals surface area contributed by atoms with Crippen molar-refractivity contribution in [3.05, 3.63) is 0 Å². The van der Waals surface area contributed by atoms with Gasteiger partial charge in [-0.3, -0.25) is 4.79 Å². The summed E-state index contributed by atoms with van der Waals surface area (Å²) in [5, 5.41) is 8.27. The van der Waals surface area contributed by atoms with Gasteiger partial charge in [0.2, 0.25) is 5.91 Å². The van der Waals surface area contributed by atoms with Gasteiger partial charge in [0.25, 0.3) is 0 Å². The summed E-state index contributed by atoms with van der Waals surface area (Å²) in [7, 11) is 1.60. The molecule has 17 heavy (non-hydrogen) atoms. The van der Waals surface area contributed by atoms with Crippen molar-refractivity contribution in [2.75, 3.05) is 13.6 Å². The number of hydrogen-bond donors (Lipinski definition) is 3. The van der Waals surface area contributed by atoms with E-state index in [0.29, 0.717) is 12.6 Å². The molecule has 1 aliphatic carbocycles. The summed E-state index contributed by atoms with van der Waals surface area (Å²) in [5.74, 6) is -0.0707.